The van der Waals surface area contributed by atoms with Crippen molar-refractivity contribution in [2.75, 3.05) is 7.05 Å². The molecule has 0 heterocycles. The molecule has 0 aromatic rings. The van der Waals surface area contributed by atoms with Gasteiger partial charge in [-0.2, -0.15) is 0 Å². The van der Waals surface area contributed by atoms with Crippen LogP contribution in [0.2, 0.25) is 0 Å². The number of carbonyl (C=O) groups is 2. The van der Waals surface area contributed by atoms with Crippen LogP contribution in [-0.4, -0.2) is 41.1 Å². The zero-order valence-corrected chi connectivity index (χ0v) is 14.0. The van der Waals surface area contributed by atoms with Crippen molar-refractivity contribution in [1.29, 1.82) is 0 Å². The van der Waals surface area contributed by atoms with Gasteiger partial charge in [-0.15, -0.1) is 0 Å². The standard InChI is InChI=1S/C16H30N2O3/c1-6-11(2)13(14(19)20)17-15(21)18(5)12-7-9-16(3,4)10-8-12/h11-13H,6-10H2,1-5H3,(H,17,21)(H,19,20)/t11-,13-/m0/s1. The summed E-state index contributed by atoms with van der Waals surface area (Å²) in [6.45, 7) is 8.29. The van der Waals surface area contributed by atoms with E-state index in [0.29, 0.717) is 5.41 Å². The Balaban J connectivity index is 2.60. The fourth-order valence-corrected chi connectivity index (χ4v) is 2.86. The van der Waals surface area contributed by atoms with Crippen molar-refractivity contribution in [1.82, 2.24) is 10.2 Å². The first kappa shape index (κ1) is 17.8. The number of aliphatic carboxylic acids is 1. The molecule has 1 aliphatic carbocycles. The fourth-order valence-electron chi connectivity index (χ4n) is 2.86. The summed E-state index contributed by atoms with van der Waals surface area (Å²) in [7, 11) is 1.77. The molecular formula is C16H30N2O3. The largest absolute Gasteiger partial charge is 0.480 e. The maximum atomic E-state index is 12.3. The number of nitrogens with zero attached hydrogens (tertiary/aromatic N) is 1. The zero-order valence-electron chi connectivity index (χ0n) is 14.0. The maximum Gasteiger partial charge on any atom is 0.326 e. The van der Waals surface area contributed by atoms with Crippen molar-refractivity contribution in [3.05, 3.63) is 0 Å². The number of carboxylic acids is 1. The minimum Gasteiger partial charge on any atom is -0.480 e. The summed E-state index contributed by atoms with van der Waals surface area (Å²) < 4.78 is 0. The second-order valence-corrected chi connectivity index (χ2v) is 7.16. The average molecular weight is 298 g/mol. The van der Waals surface area contributed by atoms with E-state index in [2.05, 4.69) is 19.2 Å². The van der Waals surface area contributed by atoms with Gasteiger partial charge in [0.25, 0.3) is 0 Å². The van der Waals surface area contributed by atoms with Crippen LogP contribution >= 0.6 is 0 Å². The number of amides is 2. The van der Waals surface area contributed by atoms with E-state index in [9.17, 15) is 14.7 Å². The van der Waals surface area contributed by atoms with Gasteiger partial charge in [-0.1, -0.05) is 34.1 Å². The Morgan fingerprint density at radius 2 is 1.86 bits per heavy atom. The monoisotopic (exact) mass is 298 g/mol. The van der Waals surface area contributed by atoms with Gasteiger partial charge < -0.3 is 15.3 Å². The molecule has 0 aliphatic heterocycles. The van der Waals surface area contributed by atoms with Crippen LogP contribution in [0.4, 0.5) is 4.79 Å². The van der Waals surface area contributed by atoms with Crippen molar-refractivity contribution < 1.29 is 14.7 Å². The van der Waals surface area contributed by atoms with Crippen molar-refractivity contribution in [3.8, 4) is 0 Å². The van der Waals surface area contributed by atoms with Crippen molar-refractivity contribution in [2.45, 2.75) is 71.9 Å². The Labute approximate surface area is 128 Å². The molecule has 1 saturated carbocycles. The predicted molar refractivity (Wildman–Crippen MR) is 83.2 cm³/mol. The van der Waals surface area contributed by atoms with Crippen LogP contribution in [0.3, 0.4) is 0 Å². The van der Waals surface area contributed by atoms with E-state index in [-0.39, 0.29) is 18.0 Å². The van der Waals surface area contributed by atoms with E-state index in [1.54, 1.807) is 11.9 Å². The van der Waals surface area contributed by atoms with Gasteiger partial charge in [0.2, 0.25) is 0 Å². The first-order chi connectivity index (χ1) is 9.68. The quantitative estimate of drug-likeness (QED) is 0.819. The van der Waals surface area contributed by atoms with Gasteiger partial charge >= 0.3 is 12.0 Å². The van der Waals surface area contributed by atoms with Crippen LogP contribution in [0.15, 0.2) is 0 Å². The molecule has 2 amide bonds. The van der Waals surface area contributed by atoms with E-state index in [1.165, 1.54) is 0 Å². The maximum absolute atomic E-state index is 12.3. The normalized spacial score (nSPS) is 21.4. The molecule has 0 spiro atoms. The molecule has 1 fully saturated rings. The van der Waals surface area contributed by atoms with Crippen LogP contribution in [0.1, 0.15) is 59.8 Å². The molecule has 0 bridgehead atoms. The highest BCUT2D eigenvalue weighted by atomic mass is 16.4. The van der Waals surface area contributed by atoms with Gasteiger partial charge in [-0.25, -0.2) is 9.59 Å². The van der Waals surface area contributed by atoms with Gasteiger partial charge in [0.15, 0.2) is 0 Å². The highest BCUT2D eigenvalue weighted by molar-refractivity contribution is 5.82. The number of carboxylic acid groups (broad SMARTS) is 1. The summed E-state index contributed by atoms with van der Waals surface area (Å²) in [4.78, 5) is 25.3. The number of hydrogen-bond donors (Lipinski definition) is 2. The molecule has 0 aromatic carbocycles. The highest BCUT2D eigenvalue weighted by Crippen LogP contribution is 2.36. The van der Waals surface area contributed by atoms with Gasteiger partial charge in [0.05, 0.1) is 0 Å². The molecule has 0 radical (unpaired) electrons. The van der Waals surface area contributed by atoms with Crippen molar-refractivity contribution >= 4 is 12.0 Å². The summed E-state index contributed by atoms with van der Waals surface area (Å²) in [6, 6.07) is -0.873. The van der Waals surface area contributed by atoms with Crippen LogP contribution in [0.5, 0.6) is 0 Å². The lowest BCUT2D eigenvalue weighted by Gasteiger charge is -2.39. The minimum atomic E-state index is -0.962. The summed E-state index contributed by atoms with van der Waals surface area (Å²) in [5.74, 6) is -1.04. The second kappa shape index (κ2) is 7.14. The fraction of sp³-hybridized carbons (Fsp3) is 0.875. The average Bonchev–Trinajstić information content (AvgIpc) is 2.42. The minimum absolute atomic E-state index is 0.0786. The molecule has 122 valence electrons. The third-order valence-corrected chi connectivity index (χ3v) is 4.93. The number of carbonyl (C=O) groups excluding carboxylic acids is 1. The first-order valence-electron chi connectivity index (χ1n) is 7.94. The van der Waals surface area contributed by atoms with Crippen LogP contribution < -0.4 is 5.32 Å². The molecule has 5 nitrogen and oxygen atoms in total. The first-order valence-corrected chi connectivity index (χ1v) is 7.94. The molecular weight excluding hydrogens is 268 g/mol. The van der Waals surface area contributed by atoms with E-state index in [0.717, 1.165) is 32.1 Å². The predicted octanol–water partition coefficient (Wildman–Crippen LogP) is 3.10. The lowest BCUT2D eigenvalue weighted by Crippen LogP contribution is -2.52. The topological polar surface area (TPSA) is 69.6 Å². The molecule has 0 aromatic heterocycles. The summed E-state index contributed by atoms with van der Waals surface area (Å²) >= 11 is 0. The number of urea groups is 1. The van der Waals surface area contributed by atoms with Gasteiger partial charge in [-0.05, 0) is 37.0 Å². The molecule has 2 atom stereocenters. The Kier molecular flexibility index (Phi) is 6.05. The second-order valence-electron chi connectivity index (χ2n) is 7.16. The molecule has 0 unspecified atom stereocenters. The van der Waals surface area contributed by atoms with Gasteiger partial charge in [0.1, 0.15) is 6.04 Å². The molecule has 5 heteroatoms. The van der Waals surface area contributed by atoms with Crippen molar-refractivity contribution in [2.24, 2.45) is 11.3 Å². The van der Waals surface area contributed by atoms with Gasteiger partial charge in [0, 0.05) is 13.1 Å². The van der Waals surface area contributed by atoms with E-state index in [1.807, 2.05) is 13.8 Å². The summed E-state index contributed by atoms with van der Waals surface area (Å²) in [5.41, 5.74) is 0.355. The number of rotatable bonds is 5. The molecule has 1 rings (SSSR count). The smallest absolute Gasteiger partial charge is 0.326 e. The zero-order chi connectivity index (χ0) is 16.2. The lowest BCUT2D eigenvalue weighted by atomic mass is 9.75. The molecule has 1 aliphatic rings. The Bertz CT molecular complexity index is 372. The highest BCUT2D eigenvalue weighted by Gasteiger charge is 2.32. The molecule has 21 heavy (non-hydrogen) atoms. The number of hydrogen-bond acceptors (Lipinski definition) is 2. The summed E-state index contributed by atoms with van der Waals surface area (Å²) in [6.07, 6.45) is 4.89. The third kappa shape index (κ3) is 4.90. The summed E-state index contributed by atoms with van der Waals surface area (Å²) in [5, 5.41) is 11.9. The van der Waals surface area contributed by atoms with Crippen LogP contribution in [0, 0.1) is 11.3 Å². The Morgan fingerprint density at radius 1 is 1.33 bits per heavy atom. The van der Waals surface area contributed by atoms with Crippen molar-refractivity contribution in [3.63, 3.8) is 0 Å². The van der Waals surface area contributed by atoms with Crippen LogP contribution in [0.25, 0.3) is 0 Å². The Hall–Kier alpha value is -1.26. The lowest BCUT2D eigenvalue weighted by molar-refractivity contribution is -0.140. The van der Waals surface area contributed by atoms with E-state index >= 15 is 0 Å². The SMILES string of the molecule is CC[C@H](C)[C@H](NC(=O)N(C)C1CCC(C)(C)CC1)C(=O)O. The molecule has 2 N–H and O–H groups in total. The van der Waals surface area contributed by atoms with Crippen LogP contribution in [-0.2, 0) is 4.79 Å². The molecule has 0 saturated heterocycles. The van der Waals surface area contributed by atoms with E-state index in [4.69, 9.17) is 0 Å². The Morgan fingerprint density at radius 3 is 2.29 bits per heavy atom. The van der Waals surface area contributed by atoms with E-state index < -0.39 is 12.0 Å². The third-order valence-electron chi connectivity index (χ3n) is 4.93. The van der Waals surface area contributed by atoms with Gasteiger partial charge in [-0.3, -0.25) is 0 Å². The number of nitrogens with one attached hydrogen (secondary N) is 1.